The third kappa shape index (κ3) is 2.24. The molecule has 0 unspecified atom stereocenters. The second-order valence-corrected chi connectivity index (χ2v) is 4.11. The molecule has 2 rings (SSSR count). The van der Waals surface area contributed by atoms with Crippen molar-refractivity contribution in [3.8, 4) is 12.1 Å². The summed E-state index contributed by atoms with van der Waals surface area (Å²) in [6, 6.07) is 7.30. The summed E-state index contributed by atoms with van der Waals surface area (Å²) in [5.74, 6) is -1.52. The van der Waals surface area contributed by atoms with Crippen molar-refractivity contribution in [2.45, 2.75) is 12.8 Å². The molecule has 6 nitrogen and oxygen atoms in total. The predicted molar refractivity (Wildman–Crippen MR) is 66.9 cm³/mol. The first-order chi connectivity index (χ1) is 9.19. The van der Waals surface area contributed by atoms with Crippen LogP contribution in [-0.2, 0) is 0 Å². The zero-order valence-corrected chi connectivity index (χ0v) is 10.2. The molecule has 0 fully saturated rings. The van der Waals surface area contributed by atoms with Gasteiger partial charge >= 0.3 is 0 Å². The summed E-state index contributed by atoms with van der Waals surface area (Å²) < 4.78 is 0. The maximum atomic E-state index is 11.9. The van der Waals surface area contributed by atoms with Gasteiger partial charge in [-0.05, 0) is 24.6 Å². The van der Waals surface area contributed by atoms with Gasteiger partial charge in [0.2, 0.25) is 0 Å². The van der Waals surface area contributed by atoms with Crippen LogP contribution < -0.4 is 5.56 Å². The summed E-state index contributed by atoms with van der Waals surface area (Å²) in [6.45, 7) is 1.73. The third-order valence-electron chi connectivity index (χ3n) is 3.00. The first kappa shape index (κ1) is 12.6. The van der Waals surface area contributed by atoms with E-state index in [0.29, 0.717) is 11.3 Å². The highest BCUT2D eigenvalue weighted by Crippen LogP contribution is 2.30. The van der Waals surface area contributed by atoms with E-state index in [1.165, 1.54) is 0 Å². The molecule has 2 aromatic heterocycles. The van der Waals surface area contributed by atoms with Crippen LogP contribution in [0, 0.1) is 35.5 Å². The van der Waals surface area contributed by atoms with Crippen molar-refractivity contribution in [2.24, 2.45) is 5.92 Å². The molecule has 0 spiro atoms. The zero-order chi connectivity index (χ0) is 13.8. The molecule has 2 heterocycles. The third-order valence-corrected chi connectivity index (χ3v) is 3.00. The van der Waals surface area contributed by atoms with Gasteiger partial charge in [0.25, 0.3) is 5.56 Å². The molecule has 0 saturated carbocycles. The summed E-state index contributed by atoms with van der Waals surface area (Å²) >= 11 is 0. The number of aromatic nitrogens is 3. The summed E-state index contributed by atoms with van der Waals surface area (Å²) in [6.07, 6.45) is 3.15. The van der Waals surface area contributed by atoms with Crippen molar-refractivity contribution >= 4 is 0 Å². The van der Waals surface area contributed by atoms with Gasteiger partial charge in [0.1, 0.15) is 5.92 Å². The van der Waals surface area contributed by atoms with Gasteiger partial charge < -0.3 is 5.10 Å². The Hall–Kier alpha value is -2.86. The van der Waals surface area contributed by atoms with E-state index in [0.717, 1.165) is 5.56 Å². The Labute approximate surface area is 109 Å². The van der Waals surface area contributed by atoms with Gasteiger partial charge in [0, 0.05) is 29.6 Å². The van der Waals surface area contributed by atoms with E-state index in [4.69, 9.17) is 10.5 Å². The van der Waals surface area contributed by atoms with Crippen molar-refractivity contribution in [2.75, 3.05) is 0 Å². The van der Waals surface area contributed by atoms with Crippen LogP contribution in [0.25, 0.3) is 0 Å². The lowest BCUT2D eigenvalue weighted by Gasteiger charge is -2.16. The molecule has 1 atom stereocenters. The van der Waals surface area contributed by atoms with Crippen LogP contribution in [0.4, 0.5) is 0 Å². The first-order valence-corrected chi connectivity index (χ1v) is 5.65. The number of nitrogens with one attached hydrogen (secondary N) is 2. The lowest BCUT2D eigenvalue weighted by atomic mass is 9.82. The minimum absolute atomic E-state index is 0.310. The lowest BCUT2D eigenvalue weighted by Crippen LogP contribution is -2.19. The normalized spacial score (nSPS) is 11.8. The van der Waals surface area contributed by atoms with Crippen molar-refractivity contribution in [3.05, 3.63) is 51.7 Å². The van der Waals surface area contributed by atoms with Crippen molar-refractivity contribution in [1.29, 1.82) is 10.5 Å². The standard InChI is InChI=1S/C13H11N5O/c1-8-11(13(19)18-17-8)12(10(6-14)7-15)9-2-4-16-5-3-9/h2-5,10,12H,1H3,(H2,17,18,19)/t12-/m1/s1. The molecular formula is C13H11N5O. The number of nitriles is 2. The molecule has 6 heteroatoms. The van der Waals surface area contributed by atoms with E-state index in [9.17, 15) is 4.79 Å². The van der Waals surface area contributed by atoms with Gasteiger partial charge in [-0.3, -0.25) is 14.9 Å². The van der Waals surface area contributed by atoms with Gasteiger partial charge in [-0.1, -0.05) is 0 Å². The molecule has 0 aliphatic carbocycles. The van der Waals surface area contributed by atoms with Crippen LogP contribution in [0.3, 0.4) is 0 Å². The minimum Gasteiger partial charge on any atom is -0.302 e. The number of rotatable bonds is 3. The number of pyridine rings is 1. The average Bonchev–Trinajstić information content (AvgIpc) is 2.77. The van der Waals surface area contributed by atoms with Gasteiger partial charge in [-0.2, -0.15) is 10.5 Å². The fraction of sp³-hybridized carbons (Fsp3) is 0.231. The molecule has 0 amide bonds. The van der Waals surface area contributed by atoms with Crippen LogP contribution in [0.5, 0.6) is 0 Å². The Balaban J connectivity index is 2.64. The highest BCUT2D eigenvalue weighted by atomic mass is 16.1. The quantitative estimate of drug-likeness (QED) is 0.856. The molecule has 19 heavy (non-hydrogen) atoms. The topological polar surface area (TPSA) is 109 Å². The SMILES string of the molecule is Cc1[nH][nH]c(=O)c1[C@H](c1ccncc1)C(C#N)C#N. The minimum atomic E-state index is -0.932. The fourth-order valence-electron chi connectivity index (χ4n) is 2.10. The Morgan fingerprint density at radius 2 is 1.84 bits per heavy atom. The molecule has 0 radical (unpaired) electrons. The number of aryl methyl sites for hydroxylation is 1. The molecule has 0 aliphatic heterocycles. The molecule has 0 bridgehead atoms. The van der Waals surface area contributed by atoms with Crippen LogP contribution in [0.1, 0.15) is 22.7 Å². The van der Waals surface area contributed by atoms with Crippen LogP contribution in [0.2, 0.25) is 0 Å². The summed E-state index contributed by atoms with van der Waals surface area (Å²) in [5.41, 5.74) is 1.45. The zero-order valence-electron chi connectivity index (χ0n) is 10.2. The molecule has 2 aromatic rings. The van der Waals surface area contributed by atoms with Crippen molar-refractivity contribution < 1.29 is 0 Å². The highest BCUT2D eigenvalue weighted by molar-refractivity contribution is 5.37. The molecule has 94 valence electrons. The molecule has 0 aromatic carbocycles. The maximum Gasteiger partial charge on any atom is 0.268 e. The van der Waals surface area contributed by atoms with Gasteiger partial charge in [-0.15, -0.1) is 0 Å². The van der Waals surface area contributed by atoms with Crippen molar-refractivity contribution in [3.63, 3.8) is 0 Å². The molecular weight excluding hydrogens is 242 g/mol. The van der Waals surface area contributed by atoms with Crippen LogP contribution in [-0.4, -0.2) is 15.2 Å². The number of hydrogen-bond acceptors (Lipinski definition) is 4. The summed E-state index contributed by atoms with van der Waals surface area (Å²) in [7, 11) is 0. The number of hydrogen-bond donors (Lipinski definition) is 2. The Kier molecular flexibility index (Phi) is 3.44. The highest BCUT2D eigenvalue weighted by Gasteiger charge is 2.29. The maximum absolute atomic E-state index is 11.9. The van der Waals surface area contributed by atoms with Gasteiger partial charge in [0.15, 0.2) is 0 Å². The molecule has 0 aliphatic rings. The number of nitrogens with zero attached hydrogens (tertiary/aromatic N) is 3. The van der Waals surface area contributed by atoms with E-state index >= 15 is 0 Å². The van der Waals surface area contributed by atoms with Crippen LogP contribution in [0.15, 0.2) is 29.3 Å². The summed E-state index contributed by atoms with van der Waals surface area (Å²) in [5, 5.41) is 23.4. The monoisotopic (exact) mass is 253 g/mol. The fourth-order valence-corrected chi connectivity index (χ4v) is 2.10. The van der Waals surface area contributed by atoms with E-state index in [-0.39, 0.29) is 5.56 Å². The number of H-pyrrole nitrogens is 2. The Morgan fingerprint density at radius 3 is 2.32 bits per heavy atom. The molecule has 2 N–H and O–H groups in total. The average molecular weight is 253 g/mol. The lowest BCUT2D eigenvalue weighted by molar-refractivity contribution is 0.699. The predicted octanol–water partition coefficient (Wildman–Crippen LogP) is 1.20. The van der Waals surface area contributed by atoms with Gasteiger partial charge in [0.05, 0.1) is 12.1 Å². The second-order valence-electron chi connectivity index (χ2n) is 4.11. The Bertz CT molecular complexity index is 687. The van der Waals surface area contributed by atoms with E-state index in [1.54, 1.807) is 31.5 Å². The largest absolute Gasteiger partial charge is 0.302 e. The van der Waals surface area contributed by atoms with E-state index in [1.807, 2.05) is 12.1 Å². The second kappa shape index (κ2) is 5.19. The number of aromatic amines is 2. The molecule has 0 saturated heterocycles. The van der Waals surface area contributed by atoms with Crippen LogP contribution >= 0.6 is 0 Å². The first-order valence-electron chi connectivity index (χ1n) is 5.65. The van der Waals surface area contributed by atoms with Gasteiger partial charge in [-0.25, -0.2) is 0 Å². The smallest absolute Gasteiger partial charge is 0.268 e. The Morgan fingerprint density at radius 1 is 1.21 bits per heavy atom. The van der Waals surface area contributed by atoms with E-state index < -0.39 is 11.8 Å². The van der Waals surface area contributed by atoms with E-state index in [2.05, 4.69) is 15.2 Å². The summed E-state index contributed by atoms with van der Waals surface area (Å²) in [4.78, 5) is 15.8. The van der Waals surface area contributed by atoms with Crippen molar-refractivity contribution in [1.82, 2.24) is 15.2 Å².